The van der Waals surface area contributed by atoms with Gasteiger partial charge in [-0.1, -0.05) is 24.9 Å². The van der Waals surface area contributed by atoms with E-state index in [9.17, 15) is 0 Å². The Bertz CT molecular complexity index is 513. The van der Waals surface area contributed by atoms with Crippen molar-refractivity contribution in [2.75, 3.05) is 6.54 Å². The number of hydrogen-bond donors (Lipinski definition) is 1. The number of aromatic nitrogens is 2. The predicted molar refractivity (Wildman–Crippen MR) is 77.1 cm³/mol. The lowest BCUT2D eigenvalue weighted by molar-refractivity contribution is 0.349. The lowest BCUT2D eigenvalue weighted by Crippen LogP contribution is -2.09. The number of furan rings is 1. The fourth-order valence-electron chi connectivity index (χ4n) is 2.49. The van der Waals surface area contributed by atoms with Gasteiger partial charge in [0.2, 0.25) is 11.7 Å². The summed E-state index contributed by atoms with van der Waals surface area (Å²) in [5, 5.41) is 4.02. The Labute approximate surface area is 119 Å². The molecule has 2 N–H and O–H groups in total. The minimum absolute atomic E-state index is 0.608. The maximum Gasteiger partial charge on any atom is 0.226 e. The molecule has 5 heteroatoms. The molecule has 0 aliphatic rings. The van der Waals surface area contributed by atoms with Gasteiger partial charge >= 0.3 is 0 Å². The van der Waals surface area contributed by atoms with Gasteiger partial charge in [0.1, 0.15) is 5.76 Å². The SMILES string of the molecule is CCCC(CCN)CCc1nc(-c2ccoc2C)no1. The first-order valence-electron chi connectivity index (χ1n) is 7.31. The number of hydrogen-bond acceptors (Lipinski definition) is 5. The van der Waals surface area contributed by atoms with Gasteiger partial charge in [-0.2, -0.15) is 4.98 Å². The van der Waals surface area contributed by atoms with Crippen molar-refractivity contribution < 1.29 is 8.94 Å². The fourth-order valence-corrected chi connectivity index (χ4v) is 2.49. The molecule has 0 amide bonds. The molecule has 2 aromatic heterocycles. The molecule has 2 aromatic rings. The summed E-state index contributed by atoms with van der Waals surface area (Å²) in [6.07, 6.45) is 6.97. The molecule has 0 saturated heterocycles. The largest absolute Gasteiger partial charge is 0.469 e. The van der Waals surface area contributed by atoms with Crippen LogP contribution in [-0.4, -0.2) is 16.7 Å². The average molecular weight is 277 g/mol. The number of aryl methyl sites for hydroxylation is 2. The Kier molecular flexibility index (Phi) is 5.35. The molecule has 0 aromatic carbocycles. The topological polar surface area (TPSA) is 78.1 Å². The van der Waals surface area contributed by atoms with Crippen LogP contribution in [0.25, 0.3) is 11.4 Å². The van der Waals surface area contributed by atoms with Crippen molar-refractivity contribution in [2.45, 2.75) is 46.0 Å². The van der Waals surface area contributed by atoms with E-state index >= 15 is 0 Å². The third-order valence-corrected chi connectivity index (χ3v) is 3.61. The summed E-state index contributed by atoms with van der Waals surface area (Å²) in [5.74, 6) is 2.76. The van der Waals surface area contributed by atoms with Crippen LogP contribution in [-0.2, 0) is 6.42 Å². The van der Waals surface area contributed by atoms with Crippen molar-refractivity contribution >= 4 is 0 Å². The van der Waals surface area contributed by atoms with Crippen LogP contribution in [0.1, 0.15) is 44.3 Å². The summed E-state index contributed by atoms with van der Waals surface area (Å²) >= 11 is 0. The molecule has 2 rings (SSSR count). The normalized spacial score (nSPS) is 12.8. The van der Waals surface area contributed by atoms with Gasteiger partial charge in [0.15, 0.2) is 0 Å². The first-order chi connectivity index (χ1) is 9.74. The van der Waals surface area contributed by atoms with Gasteiger partial charge in [0.25, 0.3) is 0 Å². The molecule has 1 unspecified atom stereocenters. The average Bonchev–Trinajstić information content (AvgIpc) is 3.05. The zero-order valence-electron chi connectivity index (χ0n) is 12.3. The molecule has 0 aliphatic heterocycles. The van der Waals surface area contributed by atoms with Crippen molar-refractivity contribution in [3.8, 4) is 11.4 Å². The third kappa shape index (κ3) is 3.70. The minimum Gasteiger partial charge on any atom is -0.469 e. The summed E-state index contributed by atoms with van der Waals surface area (Å²) in [6.45, 7) is 4.84. The van der Waals surface area contributed by atoms with Gasteiger partial charge < -0.3 is 14.7 Å². The summed E-state index contributed by atoms with van der Waals surface area (Å²) in [6, 6.07) is 1.86. The number of nitrogens with two attached hydrogens (primary N) is 1. The van der Waals surface area contributed by atoms with E-state index in [0.29, 0.717) is 17.6 Å². The van der Waals surface area contributed by atoms with E-state index in [-0.39, 0.29) is 0 Å². The lowest BCUT2D eigenvalue weighted by Gasteiger charge is -2.13. The Morgan fingerprint density at radius 1 is 1.30 bits per heavy atom. The van der Waals surface area contributed by atoms with Crippen LogP contribution in [0.2, 0.25) is 0 Å². The summed E-state index contributed by atoms with van der Waals surface area (Å²) in [4.78, 5) is 4.44. The van der Waals surface area contributed by atoms with E-state index in [0.717, 1.165) is 37.1 Å². The smallest absolute Gasteiger partial charge is 0.226 e. The Balaban J connectivity index is 1.94. The van der Waals surface area contributed by atoms with Crippen molar-refractivity contribution in [2.24, 2.45) is 11.7 Å². The highest BCUT2D eigenvalue weighted by Gasteiger charge is 2.14. The van der Waals surface area contributed by atoms with Crippen LogP contribution in [0, 0.1) is 12.8 Å². The Morgan fingerprint density at radius 2 is 2.15 bits per heavy atom. The monoisotopic (exact) mass is 277 g/mol. The third-order valence-electron chi connectivity index (χ3n) is 3.61. The van der Waals surface area contributed by atoms with Crippen molar-refractivity contribution in [3.63, 3.8) is 0 Å². The molecule has 0 radical (unpaired) electrons. The van der Waals surface area contributed by atoms with Crippen LogP contribution in [0.5, 0.6) is 0 Å². The summed E-state index contributed by atoms with van der Waals surface area (Å²) in [5.41, 5.74) is 6.55. The van der Waals surface area contributed by atoms with Crippen LogP contribution in [0.15, 0.2) is 21.3 Å². The Morgan fingerprint density at radius 3 is 2.80 bits per heavy atom. The van der Waals surface area contributed by atoms with Gasteiger partial charge in [-0.05, 0) is 38.3 Å². The maximum absolute atomic E-state index is 5.65. The van der Waals surface area contributed by atoms with Crippen LogP contribution in [0.3, 0.4) is 0 Å². The summed E-state index contributed by atoms with van der Waals surface area (Å²) < 4.78 is 10.6. The second-order valence-electron chi connectivity index (χ2n) is 5.17. The van der Waals surface area contributed by atoms with Gasteiger partial charge in [-0.3, -0.25) is 0 Å². The highest BCUT2D eigenvalue weighted by Crippen LogP contribution is 2.22. The molecule has 0 bridgehead atoms. The fraction of sp³-hybridized carbons (Fsp3) is 0.600. The quantitative estimate of drug-likeness (QED) is 0.800. The molecule has 2 heterocycles. The molecular weight excluding hydrogens is 254 g/mol. The van der Waals surface area contributed by atoms with Gasteiger partial charge in [0.05, 0.1) is 11.8 Å². The molecule has 1 atom stereocenters. The molecule has 5 nitrogen and oxygen atoms in total. The highest BCUT2D eigenvalue weighted by molar-refractivity contribution is 5.55. The molecule has 0 spiro atoms. The van der Waals surface area contributed by atoms with E-state index in [1.165, 1.54) is 12.8 Å². The standard InChI is InChI=1S/C15H23N3O2/c1-3-4-12(7-9-16)5-6-14-17-15(18-20-14)13-8-10-19-11(13)2/h8,10,12H,3-7,9,16H2,1-2H3. The van der Waals surface area contributed by atoms with Crippen LogP contribution < -0.4 is 5.73 Å². The molecule has 0 fully saturated rings. The highest BCUT2D eigenvalue weighted by atomic mass is 16.5. The van der Waals surface area contributed by atoms with Crippen molar-refractivity contribution in [1.82, 2.24) is 10.1 Å². The van der Waals surface area contributed by atoms with Crippen LogP contribution >= 0.6 is 0 Å². The van der Waals surface area contributed by atoms with Gasteiger partial charge in [-0.25, -0.2) is 0 Å². The van der Waals surface area contributed by atoms with Gasteiger partial charge in [0, 0.05) is 6.42 Å². The number of rotatable bonds is 8. The van der Waals surface area contributed by atoms with E-state index in [2.05, 4.69) is 17.1 Å². The van der Waals surface area contributed by atoms with Crippen molar-refractivity contribution in [1.29, 1.82) is 0 Å². The van der Waals surface area contributed by atoms with Crippen LogP contribution in [0.4, 0.5) is 0 Å². The predicted octanol–water partition coefficient (Wildman–Crippen LogP) is 3.34. The van der Waals surface area contributed by atoms with E-state index in [1.807, 2.05) is 13.0 Å². The zero-order chi connectivity index (χ0) is 14.4. The van der Waals surface area contributed by atoms with Crippen molar-refractivity contribution in [3.05, 3.63) is 24.0 Å². The molecule has 20 heavy (non-hydrogen) atoms. The summed E-state index contributed by atoms with van der Waals surface area (Å²) in [7, 11) is 0. The second-order valence-corrected chi connectivity index (χ2v) is 5.17. The first-order valence-corrected chi connectivity index (χ1v) is 7.31. The van der Waals surface area contributed by atoms with E-state index in [4.69, 9.17) is 14.7 Å². The molecule has 110 valence electrons. The zero-order valence-corrected chi connectivity index (χ0v) is 12.3. The minimum atomic E-state index is 0.608. The molecule has 0 saturated carbocycles. The van der Waals surface area contributed by atoms with E-state index in [1.54, 1.807) is 6.26 Å². The maximum atomic E-state index is 5.65. The lowest BCUT2D eigenvalue weighted by atomic mass is 9.94. The molecule has 0 aliphatic carbocycles. The number of nitrogens with zero attached hydrogens (tertiary/aromatic N) is 2. The first kappa shape index (κ1) is 14.8. The van der Waals surface area contributed by atoms with Gasteiger partial charge in [-0.15, -0.1) is 0 Å². The Hall–Kier alpha value is -1.62. The molecular formula is C15H23N3O2. The van der Waals surface area contributed by atoms with E-state index < -0.39 is 0 Å². The second kappa shape index (κ2) is 7.24.